The maximum Gasteiger partial charge on any atom is 0.433 e. The van der Waals surface area contributed by atoms with Gasteiger partial charge in [-0.25, -0.2) is 9.67 Å². The van der Waals surface area contributed by atoms with Crippen LogP contribution in [0, 0.1) is 0 Å². The Hall–Kier alpha value is -3.46. The van der Waals surface area contributed by atoms with E-state index in [1.54, 1.807) is 24.4 Å². The summed E-state index contributed by atoms with van der Waals surface area (Å²) in [5.41, 5.74) is 13.7. The minimum Gasteiger partial charge on any atom is -0.399 e. The van der Waals surface area contributed by atoms with Crippen LogP contribution >= 0.6 is 0 Å². The fraction of sp³-hybridized carbons (Fsp3) is 0.105. The first kappa shape index (κ1) is 17.9. The number of fused-ring (bicyclic) bond motifs is 1. The second-order valence-corrected chi connectivity index (χ2v) is 6.19. The van der Waals surface area contributed by atoms with Gasteiger partial charge in [-0.05, 0) is 30.3 Å². The number of nitrogen functional groups attached to an aromatic ring is 1. The number of benzene rings is 1. The lowest BCUT2D eigenvalue weighted by Gasteiger charge is -2.09. The Bertz CT molecular complexity index is 1170. The molecule has 6 nitrogen and oxygen atoms in total. The zero-order valence-corrected chi connectivity index (χ0v) is 14.5. The highest BCUT2D eigenvalue weighted by molar-refractivity contribution is 5.85. The highest BCUT2D eigenvalue weighted by atomic mass is 19.4. The summed E-state index contributed by atoms with van der Waals surface area (Å²) >= 11 is 0. The van der Waals surface area contributed by atoms with Gasteiger partial charge in [0.25, 0.3) is 0 Å². The third-order valence-corrected chi connectivity index (χ3v) is 4.22. The van der Waals surface area contributed by atoms with Crippen LogP contribution in [-0.2, 0) is 12.7 Å². The van der Waals surface area contributed by atoms with Gasteiger partial charge in [0.2, 0.25) is 0 Å². The number of nitrogens with zero attached hydrogens (tertiary/aromatic N) is 4. The van der Waals surface area contributed by atoms with Gasteiger partial charge < -0.3 is 11.5 Å². The number of hydrogen-bond donors (Lipinski definition) is 2. The molecular weight excluding hydrogens is 369 g/mol. The topological polar surface area (TPSA) is 95.6 Å². The van der Waals surface area contributed by atoms with E-state index in [1.165, 1.54) is 16.8 Å². The van der Waals surface area contributed by atoms with Gasteiger partial charge in [-0.3, -0.25) is 4.98 Å². The Morgan fingerprint density at radius 3 is 2.57 bits per heavy atom. The molecule has 0 radical (unpaired) electrons. The standard InChI is InChI=1S/C19H15F3N6/c20-19(21,22)17-2-1-3-18(27-17)28-16-6-11(4-5-12(16)10-25-28)15-8-13(24)7-14(9-23)26-15/h1-8,10H,9,23H2,(H2,24,26). The van der Waals surface area contributed by atoms with E-state index in [0.29, 0.717) is 22.6 Å². The van der Waals surface area contributed by atoms with E-state index < -0.39 is 11.9 Å². The van der Waals surface area contributed by atoms with Gasteiger partial charge in [0, 0.05) is 23.2 Å². The predicted octanol–water partition coefficient (Wildman–Crippen LogP) is 3.54. The number of pyridine rings is 2. The van der Waals surface area contributed by atoms with Crippen molar-refractivity contribution in [1.82, 2.24) is 19.7 Å². The molecule has 4 N–H and O–H groups in total. The molecule has 0 bridgehead atoms. The average Bonchev–Trinajstić information content (AvgIpc) is 3.10. The van der Waals surface area contributed by atoms with Gasteiger partial charge in [-0.1, -0.05) is 18.2 Å². The number of alkyl halides is 3. The summed E-state index contributed by atoms with van der Waals surface area (Å²) in [5.74, 6) is 0.0742. The number of hydrogen-bond acceptors (Lipinski definition) is 5. The maximum absolute atomic E-state index is 13.0. The van der Waals surface area contributed by atoms with Crippen molar-refractivity contribution in [3.8, 4) is 17.1 Å². The summed E-state index contributed by atoms with van der Waals surface area (Å²) in [4.78, 5) is 8.17. The van der Waals surface area contributed by atoms with E-state index in [-0.39, 0.29) is 12.4 Å². The molecule has 3 aromatic heterocycles. The van der Waals surface area contributed by atoms with Crippen molar-refractivity contribution in [2.45, 2.75) is 12.7 Å². The Labute approximate surface area is 157 Å². The van der Waals surface area contributed by atoms with E-state index in [4.69, 9.17) is 11.5 Å². The lowest BCUT2D eigenvalue weighted by atomic mass is 10.1. The summed E-state index contributed by atoms with van der Waals surface area (Å²) in [6.07, 6.45) is -2.96. The number of halogens is 3. The van der Waals surface area contributed by atoms with Crippen LogP contribution in [0.1, 0.15) is 11.4 Å². The van der Waals surface area contributed by atoms with Crippen molar-refractivity contribution in [3.63, 3.8) is 0 Å². The zero-order chi connectivity index (χ0) is 19.9. The normalized spacial score (nSPS) is 11.9. The predicted molar refractivity (Wildman–Crippen MR) is 99.4 cm³/mol. The van der Waals surface area contributed by atoms with E-state index in [9.17, 15) is 13.2 Å². The van der Waals surface area contributed by atoms with Crippen molar-refractivity contribution in [1.29, 1.82) is 0 Å². The summed E-state index contributed by atoms with van der Waals surface area (Å²) < 4.78 is 40.4. The van der Waals surface area contributed by atoms with Gasteiger partial charge in [0.1, 0.15) is 5.69 Å². The van der Waals surface area contributed by atoms with Gasteiger partial charge in [-0.15, -0.1) is 0 Å². The summed E-state index contributed by atoms with van der Waals surface area (Å²) in [5, 5.41) is 4.95. The van der Waals surface area contributed by atoms with Crippen LogP contribution in [0.2, 0.25) is 0 Å². The molecule has 0 spiro atoms. The first-order chi connectivity index (χ1) is 13.3. The summed E-state index contributed by atoms with van der Waals surface area (Å²) in [6.45, 7) is 0.242. The van der Waals surface area contributed by atoms with Crippen LogP contribution in [0.3, 0.4) is 0 Å². The number of aromatic nitrogens is 4. The first-order valence-corrected chi connectivity index (χ1v) is 8.34. The number of anilines is 1. The average molecular weight is 384 g/mol. The van der Waals surface area contributed by atoms with Crippen LogP contribution in [0.5, 0.6) is 0 Å². The molecule has 142 valence electrons. The molecule has 0 aliphatic carbocycles. The molecular formula is C19H15F3N6. The Balaban J connectivity index is 1.85. The third-order valence-electron chi connectivity index (χ3n) is 4.22. The number of rotatable bonds is 3. The molecule has 0 fully saturated rings. The van der Waals surface area contributed by atoms with Gasteiger partial charge in [0.05, 0.1) is 23.1 Å². The second kappa shape index (κ2) is 6.61. The molecule has 0 aliphatic heterocycles. The van der Waals surface area contributed by atoms with E-state index >= 15 is 0 Å². The van der Waals surface area contributed by atoms with Crippen molar-refractivity contribution in [2.75, 3.05) is 5.73 Å². The number of nitrogens with two attached hydrogens (primary N) is 2. The lowest BCUT2D eigenvalue weighted by Crippen LogP contribution is -2.10. The van der Waals surface area contributed by atoms with Gasteiger partial charge in [-0.2, -0.15) is 18.3 Å². The lowest BCUT2D eigenvalue weighted by molar-refractivity contribution is -0.141. The third kappa shape index (κ3) is 3.27. The molecule has 3 heterocycles. The van der Waals surface area contributed by atoms with Crippen molar-refractivity contribution in [2.24, 2.45) is 5.73 Å². The van der Waals surface area contributed by atoms with Crippen LogP contribution in [-0.4, -0.2) is 19.7 Å². The minimum atomic E-state index is -4.53. The van der Waals surface area contributed by atoms with E-state index in [0.717, 1.165) is 17.0 Å². The molecule has 1 aromatic carbocycles. The quantitative estimate of drug-likeness (QED) is 0.563. The van der Waals surface area contributed by atoms with E-state index in [2.05, 4.69) is 15.1 Å². The molecule has 0 atom stereocenters. The minimum absolute atomic E-state index is 0.0742. The highest BCUT2D eigenvalue weighted by Gasteiger charge is 2.32. The van der Waals surface area contributed by atoms with Crippen molar-refractivity contribution >= 4 is 16.6 Å². The SMILES string of the molecule is NCc1cc(N)cc(-c2ccc3cnn(-c4cccc(C(F)(F)F)n4)c3c2)n1. The smallest absolute Gasteiger partial charge is 0.399 e. The highest BCUT2D eigenvalue weighted by Crippen LogP contribution is 2.29. The monoisotopic (exact) mass is 384 g/mol. The Morgan fingerprint density at radius 1 is 1.00 bits per heavy atom. The van der Waals surface area contributed by atoms with Crippen LogP contribution in [0.4, 0.5) is 18.9 Å². The van der Waals surface area contributed by atoms with E-state index in [1.807, 2.05) is 12.1 Å². The van der Waals surface area contributed by atoms with Crippen LogP contribution in [0.15, 0.2) is 54.7 Å². The van der Waals surface area contributed by atoms with Crippen LogP contribution in [0.25, 0.3) is 28.0 Å². The fourth-order valence-corrected chi connectivity index (χ4v) is 2.92. The molecule has 0 unspecified atom stereocenters. The molecule has 4 rings (SSSR count). The molecule has 0 saturated heterocycles. The molecule has 0 aliphatic rings. The van der Waals surface area contributed by atoms with Crippen LogP contribution < -0.4 is 11.5 Å². The molecule has 0 amide bonds. The van der Waals surface area contributed by atoms with Gasteiger partial charge >= 0.3 is 6.18 Å². The van der Waals surface area contributed by atoms with Gasteiger partial charge in [0.15, 0.2) is 5.82 Å². The van der Waals surface area contributed by atoms with Crippen molar-refractivity contribution < 1.29 is 13.2 Å². The summed E-state index contributed by atoms with van der Waals surface area (Å²) in [7, 11) is 0. The Morgan fingerprint density at radius 2 is 1.82 bits per heavy atom. The maximum atomic E-state index is 13.0. The molecule has 0 saturated carbocycles. The summed E-state index contributed by atoms with van der Waals surface area (Å²) in [6, 6.07) is 12.5. The first-order valence-electron chi connectivity index (χ1n) is 8.34. The zero-order valence-electron chi connectivity index (χ0n) is 14.5. The molecule has 28 heavy (non-hydrogen) atoms. The molecule has 4 aromatic rings. The van der Waals surface area contributed by atoms with Crippen molar-refractivity contribution in [3.05, 3.63) is 66.1 Å². The fourth-order valence-electron chi connectivity index (χ4n) is 2.92. The Kier molecular flexibility index (Phi) is 4.23. The molecule has 9 heteroatoms. The second-order valence-electron chi connectivity index (χ2n) is 6.19. The largest absolute Gasteiger partial charge is 0.433 e.